The van der Waals surface area contributed by atoms with Gasteiger partial charge in [0.25, 0.3) is 11.1 Å². The van der Waals surface area contributed by atoms with Gasteiger partial charge in [-0.25, -0.2) is 4.99 Å². The smallest absolute Gasteiger partial charge is 0.255 e. The second-order valence-corrected chi connectivity index (χ2v) is 14.5. The van der Waals surface area contributed by atoms with E-state index < -0.39 is 0 Å². The zero-order valence-corrected chi connectivity index (χ0v) is 30.6. The van der Waals surface area contributed by atoms with Gasteiger partial charge in [0.1, 0.15) is 11.6 Å². The first-order valence-corrected chi connectivity index (χ1v) is 18.9. The minimum atomic E-state index is -0.195. The summed E-state index contributed by atoms with van der Waals surface area (Å²) in [7, 11) is 0. The Morgan fingerprint density at radius 1 is 0.774 bits per heavy atom. The van der Waals surface area contributed by atoms with Crippen LogP contribution in [0.2, 0.25) is 0 Å². The number of nitrogens with zero attached hydrogens (tertiary/aromatic N) is 2. The van der Waals surface area contributed by atoms with Crippen LogP contribution in [-0.4, -0.2) is 40.0 Å². The van der Waals surface area contributed by atoms with Crippen LogP contribution < -0.4 is 34.1 Å². The Balaban J connectivity index is 0.000000204. The number of Topliss-reactive ketones (excluding diaryl/α,β-unsaturated/α-hetero) is 2. The number of hydrogen-bond donors (Lipinski definition) is 6. The quantitative estimate of drug-likeness (QED) is 0.0670. The number of guanidine groups is 2. The summed E-state index contributed by atoms with van der Waals surface area (Å²) in [4.78, 5) is 63.8. The molecule has 0 saturated heterocycles. The number of aliphatic imine (C=N–C) groups is 2. The maximum absolute atomic E-state index is 13.1. The van der Waals surface area contributed by atoms with E-state index in [4.69, 9.17) is 22.9 Å². The molecule has 1 aliphatic carbocycles. The lowest BCUT2D eigenvalue weighted by Crippen LogP contribution is -2.29. The molecule has 2 unspecified atom stereocenters. The van der Waals surface area contributed by atoms with Crippen LogP contribution in [0.3, 0.4) is 0 Å². The first-order valence-electron chi connectivity index (χ1n) is 18.0. The van der Waals surface area contributed by atoms with Crippen molar-refractivity contribution in [2.75, 3.05) is 6.54 Å². The van der Waals surface area contributed by atoms with Crippen molar-refractivity contribution in [3.63, 3.8) is 0 Å². The third-order valence-electron chi connectivity index (χ3n) is 9.70. The molecule has 6 rings (SSSR count). The third-order valence-corrected chi connectivity index (χ3v) is 10.7. The summed E-state index contributed by atoms with van der Waals surface area (Å²) in [5.41, 5.74) is 23.5. The number of thiophene rings is 1. The predicted molar refractivity (Wildman–Crippen MR) is 214 cm³/mol. The third kappa shape index (κ3) is 11.2. The van der Waals surface area contributed by atoms with Crippen molar-refractivity contribution in [2.24, 2.45) is 44.8 Å². The molecule has 2 atom stereocenters. The van der Waals surface area contributed by atoms with Gasteiger partial charge in [-0.3, -0.25) is 24.2 Å². The van der Waals surface area contributed by atoms with Crippen molar-refractivity contribution in [2.45, 2.75) is 70.3 Å². The highest BCUT2D eigenvalue weighted by Gasteiger charge is 2.29. The van der Waals surface area contributed by atoms with Gasteiger partial charge in [-0.2, -0.15) is 0 Å². The lowest BCUT2D eigenvalue weighted by atomic mass is 9.75. The topological polar surface area (TPSA) is 229 Å². The van der Waals surface area contributed by atoms with Crippen molar-refractivity contribution in [1.82, 2.24) is 9.97 Å². The molecule has 0 aliphatic heterocycles. The molecule has 2 aromatic carbocycles. The van der Waals surface area contributed by atoms with E-state index in [9.17, 15) is 19.2 Å². The molecule has 0 amide bonds. The number of fused-ring (bicyclic) bond motifs is 2. The van der Waals surface area contributed by atoms with Crippen molar-refractivity contribution < 1.29 is 9.59 Å². The fraction of sp³-hybridized carbons (Fsp3) is 0.350. The molecule has 10 N–H and O–H groups in total. The average molecular weight is 737 g/mol. The zero-order chi connectivity index (χ0) is 37.7. The number of benzene rings is 2. The van der Waals surface area contributed by atoms with Crippen LogP contribution in [0.1, 0.15) is 73.4 Å². The van der Waals surface area contributed by atoms with Crippen molar-refractivity contribution >= 4 is 56.4 Å². The van der Waals surface area contributed by atoms with E-state index in [-0.39, 0.29) is 46.6 Å². The Labute approximate surface area is 311 Å². The van der Waals surface area contributed by atoms with E-state index in [1.165, 1.54) is 19.3 Å². The number of H-pyrrole nitrogens is 2. The van der Waals surface area contributed by atoms with Crippen molar-refractivity contribution in [1.29, 1.82) is 0 Å². The van der Waals surface area contributed by atoms with Crippen molar-refractivity contribution in [3.05, 3.63) is 115 Å². The molecule has 1 saturated carbocycles. The number of aromatic amines is 2. The van der Waals surface area contributed by atoms with E-state index in [2.05, 4.69) is 20.0 Å². The van der Waals surface area contributed by atoms with Gasteiger partial charge >= 0.3 is 0 Å². The van der Waals surface area contributed by atoms with Gasteiger partial charge in [-0.1, -0.05) is 49.6 Å². The molecule has 1 aliphatic rings. The lowest BCUT2D eigenvalue weighted by Gasteiger charge is -2.29. The van der Waals surface area contributed by atoms with Crippen LogP contribution >= 0.6 is 11.3 Å². The number of pyridine rings is 2. The minimum absolute atomic E-state index is 0.0109. The molecule has 0 spiro atoms. The predicted octanol–water partition coefficient (Wildman–Crippen LogP) is 5.00. The number of rotatable bonds is 14. The maximum atomic E-state index is 13.1. The van der Waals surface area contributed by atoms with Gasteiger partial charge in [-0.05, 0) is 89.2 Å². The molecular weight excluding hydrogens is 689 g/mol. The second-order valence-electron chi connectivity index (χ2n) is 13.5. The summed E-state index contributed by atoms with van der Waals surface area (Å²) in [6.07, 6.45) is 11.4. The summed E-state index contributed by atoms with van der Waals surface area (Å²) in [6.45, 7) is 0.488. The summed E-state index contributed by atoms with van der Waals surface area (Å²) < 4.78 is 0. The Bertz CT molecular complexity index is 2180. The van der Waals surface area contributed by atoms with Crippen LogP contribution in [-0.2, 0) is 22.4 Å². The molecule has 3 heterocycles. The summed E-state index contributed by atoms with van der Waals surface area (Å²) in [6, 6.07) is 18.5. The Kier molecular flexibility index (Phi) is 13.7. The number of nitrogens with one attached hydrogen (secondary N) is 2. The monoisotopic (exact) mass is 736 g/mol. The summed E-state index contributed by atoms with van der Waals surface area (Å²) in [5.74, 6) is 0.866. The van der Waals surface area contributed by atoms with Crippen LogP contribution in [0, 0.1) is 11.8 Å². The number of carbonyl (C=O) groups excluding carboxylic acids is 2. The number of nitrogens with two attached hydrogens (primary N) is 4. The van der Waals surface area contributed by atoms with Gasteiger partial charge in [0.15, 0.2) is 11.9 Å². The molecule has 53 heavy (non-hydrogen) atoms. The van der Waals surface area contributed by atoms with Gasteiger partial charge in [0, 0.05) is 59.8 Å². The molecule has 278 valence electrons. The first-order chi connectivity index (χ1) is 25.6. The van der Waals surface area contributed by atoms with Crippen LogP contribution in [0.25, 0.3) is 21.5 Å². The minimum Gasteiger partial charge on any atom is -0.370 e. The normalized spacial score (nSPS) is 14.1. The Morgan fingerprint density at radius 3 is 1.96 bits per heavy atom. The average Bonchev–Trinajstić information content (AvgIpc) is 3.68. The van der Waals surface area contributed by atoms with Crippen LogP contribution in [0.5, 0.6) is 0 Å². The molecule has 1 fully saturated rings. The summed E-state index contributed by atoms with van der Waals surface area (Å²) >= 11 is 1.57. The van der Waals surface area contributed by atoms with Gasteiger partial charge in [-0.15, -0.1) is 11.3 Å². The summed E-state index contributed by atoms with van der Waals surface area (Å²) in [5, 5.41) is 4.91. The van der Waals surface area contributed by atoms with Crippen LogP contribution in [0.4, 0.5) is 0 Å². The van der Waals surface area contributed by atoms with Gasteiger partial charge in [0.2, 0.25) is 0 Å². The maximum Gasteiger partial charge on any atom is 0.255 e. The molecule has 3 aromatic heterocycles. The number of ketones is 2. The number of carbonyl (C=O) groups is 2. The highest BCUT2D eigenvalue weighted by atomic mass is 32.1. The zero-order valence-electron chi connectivity index (χ0n) is 29.8. The standard InChI is InChI=1S/C21H28N4O2.C19H20N4O2S/c22-21(23)25-11-9-17(15-4-2-1-3-5-15)19(26)13-14-6-7-18-16(12-14)8-10-24-20(18)27;20-19(21)23-16(17-2-1-9-26-17)6-4-14(24)11-12-3-5-15-13(10-12)7-8-22-18(15)25/h6-8,10,12,15,17H,1-5,9,11,13H2,(H,24,27)(H4,22,23,25);1-3,5,7-10,16H,4,6,11H2,(H,22,25)(H4,20,21,23). The molecule has 0 bridgehead atoms. The van der Waals surface area contributed by atoms with Crippen molar-refractivity contribution in [3.8, 4) is 0 Å². The van der Waals surface area contributed by atoms with E-state index in [1.807, 2.05) is 53.9 Å². The van der Waals surface area contributed by atoms with E-state index in [0.29, 0.717) is 55.3 Å². The Morgan fingerprint density at radius 2 is 1.40 bits per heavy atom. The van der Waals surface area contributed by atoms with Gasteiger partial charge < -0.3 is 32.9 Å². The number of aromatic nitrogens is 2. The second kappa shape index (κ2) is 18.8. The lowest BCUT2D eigenvalue weighted by molar-refractivity contribution is -0.124. The first kappa shape index (κ1) is 38.7. The fourth-order valence-corrected chi connectivity index (χ4v) is 7.91. The Hall–Kier alpha value is -5.56. The molecule has 0 radical (unpaired) electrons. The molecule has 5 aromatic rings. The molecular formula is C40H48N8O4S. The molecule has 13 heteroatoms. The number of hydrogen-bond acceptors (Lipinski definition) is 7. The van der Waals surface area contributed by atoms with Gasteiger partial charge in [0.05, 0.1) is 6.04 Å². The van der Waals surface area contributed by atoms with E-state index in [1.54, 1.807) is 35.9 Å². The highest BCUT2D eigenvalue weighted by molar-refractivity contribution is 7.10. The largest absolute Gasteiger partial charge is 0.370 e. The van der Waals surface area contributed by atoms with Crippen LogP contribution in [0.15, 0.2) is 98.0 Å². The fourth-order valence-electron chi connectivity index (χ4n) is 7.11. The van der Waals surface area contributed by atoms with E-state index in [0.717, 1.165) is 39.6 Å². The highest BCUT2D eigenvalue weighted by Crippen LogP contribution is 2.33. The van der Waals surface area contributed by atoms with E-state index >= 15 is 0 Å². The molecule has 12 nitrogen and oxygen atoms in total. The SMILES string of the molecule is NC(N)=NC(CCC(=O)Cc1ccc2c(=O)[nH]ccc2c1)c1cccs1.NC(N)=NCCC(C(=O)Cc1ccc2c(=O)[nH]ccc2c1)C1CCCCC1.